The normalized spacial score (nSPS) is 17.1. The fraction of sp³-hybridized carbons (Fsp3) is 0.267. The zero-order valence-electron chi connectivity index (χ0n) is 11.0. The molecule has 0 aliphatic carbocycles. The van der Waals surface area contributed by atoms with Gasteiger partial charge in [-0.05, 0) is 25.0 Å². The maximum Gasteiger partial charge on any atom is 0.339 e. The molecular formula is C15H14N2O3. The minimum absolute atomic E-state index is 0.0615. The van der Waals surface area contributed by atoms with Crippen LogP contribution in [0.15, 0.2) is 30.5 Å². The van der Waals surface area contributed by atoms with Gasteiger partial charge < -0.3 is 9.84 Å². The van der Waals surface area contributed by atoms with Gasteiger partial charge >= 0.3 is 5.97 Å². The Morgan fingerprint density at radius 1 is 1.40 bits per heavy atom. The van der Waals surface area contributed by atoms with E-state index in [1.165, 1.54) is 6.20 Å². The summed E-state index contributed by atoms with van der Waals surface area (Å²) in [6.07, 6.45) is 2.18. The fourth-order valence-corrected chi connectivity index (χ4v) is 2.39. The van der Waals surface area contributed by atoms with Crippen molar-refractivity contribution in [3.8, 4) is 5.75 Å². The molecule has 1 unspecified atom stereocenters. The highest BCUT2D eigenvalue weighted by Gasteiger charge is 2.24. The SMILES string of the molecule is Cc1nc(C2COc3ccccc3C2)ncc1C(=O)O. The van der Waals surface area contributed by atoms with Crippen LogP contribution in [0, 0.1) is 6.92 Å². The molecule has 2 aromatic rings. The lowest BCUT2D eigenvalue weighted by atomic mass is 9.96. The van der Waals surface area contributed by atoms with Crippen molar-refractivity contribution in [1.82, 2.24) is 9.97 Å². The number of hydrogen-bond donors (Lipinski definition) is 1. The van der Waals surface area contributed by atoms with Gasteiger partial charge in [-0.2, -0.15) is 0 Å². The monoisotopic (exact) mass is 270 g/mol. The van der Waals surface area contributed by atoms with Gasteiger partial charge in [0.15, 0.2) is 0 Å². The summed E-state index contributed by atoms with van der Waals surface area (Å²) in [5, 5.41) is 8.99. The molecule has 1 aliphatic heterocycles. The Labute approximate surface area is 116 Å². The highest BCUT2D eigenvalue weighted by atomic mass is 16.5. The van der Waals surface area contributed by atoms with Gasteiger partial charge in [0.25, 0.3) is 0 Å². The number of para-hydroxylation sites is 1. The van der Waals surface area contributed by atoms with Crippen molar-refractivity contribution in [3.05, 3.63) is 53.1 Å². The highest BCUT2D eigenvalue weighted by molar-refractivity contribution is 5.88. The molecule has 1 N–H and O–H groups in total. The average Bonchev–Trinajstić information content (AvgIpc) is 2.46. The number of benzene rings is 1. The third-order valence-corrected chi connectivity index (χ3v) is 3.47. The number of carboxylic acids is 1. The Hall–Kier alpha value is -2.43. The van der Waals surface area contributed by atoms with Gasteiger partial charge in [0.05, 0.1) is 23.8 Å². The molecule has 1 atom stereocenters. The van der Waals surface area contributed by atoms with Crippen LogP contribution in [0.1, 0.15) is 33.4 Å². The van der Waals surface area contributed by atoms with Crippen molar-refractivity contribution in [2.75, 3.05) is 6.61 Å². The van der Waals surface area contributed by atoms with Crippen LogP contribution in [-0.4, -0.2) is 27.7 Å². The van der Waals surface area contributed by atoms with Gasteiger partial charge in [-0.25, -0.2) is 14.8 Å². The first-order valence-electron chi connectivity index (χ1n) is 6.42. The lowest BCUT2D eigenvalue weighted by molar-refractivity contribution is 0.0695. The van der Waals surface area contributed by atoms with Crippen LogP contribution in [0.4, 0.5) is 0 Å². The molecule has 2 heterocycles. The van der Waals surface area contributed by atoms with E-state index in [4.69, 9.17) is 9.84 Å². The smallest absolute Gasteiger partial charge is 0.339 e. The third kappa shape index (κ3) is 2.22. The number of aromatic carboxylic acids is 1. The molecule has 5 heteroatoms. The molecule has 1 aromatic heterocycles. The van der Waals surface area contributed by atoms with Crippen molar-refractivity contribution in [2.24, 2.45) is 0 Å². The van der Waals surface area contributed by atoms with Crippen molar-refractivity contribution >= 4 is 5.97 Å². The zero-order chi connectivity index (χ0) is 14.1. The third-order valence-electron chi connectivity index (χ3n) is 3.47. The molecule has 0 fully saturated rings. The van der Waals surface area contributed by atoms with E-state index in [1.54, 1.807) is 6.92 Å². The quantitative estimate of drug-likeness (QED) is 0.905. The Kier molecular flexibility index (Phi) is 3.10. The van der Waals surface area contributed by atoms with Crippen LogP contribution in [-0.2, 0) is 6.42 Å². The van der Waals surface area contributed by atoms with Crippen LogP contribution < -0.4 is 4.74 Å². The Bertz CT molecular complexity index is 670. The van der Waals surface area contributed by atoms with Crippen molar-refractivity contribution in [3.63, 3.8) is 0 Å². The van der Waals surface area contributed by atoms with Crippen LogP contribution in [0.3, 0.4) is 0 Å². The van der Waals surface area contributed by atoms with E-state index in [0.29, 0.717) is 18.1 Å². The maximum absolute atomic E-state index is 11.0. The van der Waals surface area contributed by atoms with E-state index in [9.17, 15) is 4.79 Å². The van der Waals surface area contributed by atoms with Gasteiger partial charge in [0.2, 0.25) is 0 Å². The first kappa shape index (κ1) is 12.6. The number of fused-ring (bicyclic) bond motifs is 1. The Morgan fingerprint density at radius 2 is 2.20 bits per heavy atom. The minimum atomic E-state index is -1.00. The second-order valence-electron chi connectivity index (χ2n) is 4.85. The van der Waals surface area contributed by atoms with Crippen LogP contribution >= 0.6 is 0 Å². The van der Waals surface area contributed by atoms with Gasteiger partial charge in [-0.1, -0.05) is 18.2 Å². The number of nitrogens with zero attached hydrogens (tertiary/aromatic N) is 2. The van der Waals surface area contributed by atoms with Gasteiger partial charge in [0.1, 0.15) is 11.6 Å². The van der Waals surface area contributed by atoms with Gasteiger partial charge in [-0.3, -0.25) is 0 Å². The fourth-order valence-electron chi connectivity index (χ4n) is 2.39. The molecule has 0 radical (unpaired) electrons. The molecule has 0 saturated carbocycles. The molecule has 0 amide bonds. The van der Waals surface area contributed by atoms with E-state index < -0.39 is 5.97 Å². The lowest BCUT2D eigenvalue weighted by Crippen LogP contribution is -2.22. The standard InChI is InChI=1S/C15H14N2O3/c1-9-12(15(18)19)7-16-14(17-9)11-6-10-4-2-3-5-13(10)20-8-11/h2-5,7,11H,6,8H2,1H3,(H,18,19). The number of aryl methyl sites for hydroxylation is 1. The second kappa shape index (κ2) is 4.92. The zero-order valence-corrected chi connectivity index (χ0v) is 11.0. The summed E-state index contributed by atoms with van der Waals surface area (Å²) in [5.41, 5.74) is 1.76. The summed E-state index contributed by atoms with van der Waals surface area (Å²) in [4.78, 5) is 19.5. The van der Waals surface area contributed by atoms with E-state index in [-0.39, 0.29) is 11.5 Å². The molecule has 1 aliphatic rings. The summed E-state index contributed by atoms with van der Waals surface area (Å²) in [6.45, 7) is 2.20. The molecule has 102 valence electrons. The Balaban J connectivity index is 1.88. The van der Waals surface area contributed by atoms with Crippen LogP contribution in [0.5, 0.6) is 5.75 Å². The van der Waals surface area contributed by atoms with E-state index >= 15 is 0 Å². The molecular weight excluding hydrogens is 256 g/mol. The summed E-state index contributed by atoms with van der Waals surface area (Å²) >= 11 is 0. The van der Waals surface area contributed by atoms with Crippen molar-refractivity contribution in [1.29, 1.82) is 0 Å². The summed E-state index contributed by atoms with van der Waals surface area (Å²) in [6, 6.07) is 7.90. The molecule has 5 nitrogen and oxygen atoms in total. The number of rotatable bonds is 2. The Morgan fingerprint density at radius 3 is 2.95 bits per heavy atom. The van der Waals surface area contributed by atoms with Crippen LogP contribution in [0.2, 0.25) is 0 Å². The second-order valence-corrected chi connectivity index (χ2v) is 4.85. The molecule has 0 spiro atoms. The minimum Gasteiger partial charge on any atom is -0.493 e. The largest absolute Gasteiger partial charge is 0.493 e. The lowest BCUT2D eigenvalue weighted by Gasteiger charge is -2.24. The van der Waals surface area contributed by atoms with Gasteiger partial charge in [0, 0.05) is 6.20 Å². The summed E-state index contributed by atoms with van der Waals surface area (Å²) in [7, 11) is 0. The van der Waals surface area contributed by atoms with Gasteiger partial charge in [-0.15, -0.1) is 0 Å². The predicted octanol–water partition coefficient (Wildman–Crippen LogP) is 2.20. The van der Waals surface area contributed by atoms with Crippen molar-refractivity contribution in [2.45, 2.75) is 19.3 Å². The summed E-state index contributed by atoms with van der Waals surface area (Å²) in [5.74, 6) is 0.607. The number of carbonyl (C=O) groups is 1. The first-order chi connectivity index (χ1) is 9.65. The maximum atomic E-state index is 11.0. The average molecular weight is 270 g/mol. The molecule has 1 aromatic carbocycles. The number of aromatic nitrogens is 2. The molecule has 0 saturated heterocycles. The number of ether oxygens (including phenoxy) is 1. The number of hydrogen-bond acceptors (Lipinski definition) is 4. The van der Waals surface area contributed by atoms with E-state index in [2.05, 4.69) is 9.97 Å². The summed E-state index contributed by atoms with van der Waals surface area (Å²) < 4.78 is 5.71. The molecule has 3 rings (SSSR count). The van der Waals surface area contributed by atoms with E-state index in [1.807, 2.05) is 24.3 Å². The predicted molar refractivity (Wildman–Crippen MR) is 72.1 cm³/mol. The molecule has 20 heavy (non-hydrogen) atoms. The van der Waals surface area contributed by atoms with Crippen LogP contribution in [0.25, 0.3) is 0 Å². The van der Waals surface area contributed by atoms with E-state index in [0.717, 1.165) is 17.7 Å². The molecule has 0 bridgehead atoms. The van der Waals surface area contributed by atoms with Crippen molar-refractivity contribution < 1.29 is 14.6 Å². The number of carboxylic acid groups (broad SMARTS) is 1. The first-order valence-corrected chi connectivity index (χ1v) is 6.42. The topological polar surface area (TPSA) is 72.3 Å². The highest BCUT2D eigenvalue weighted by Crippen LogP contribution is 2.30.